The molecule has 0 unspecified atom stereocenters. The lowest BCUT2D eigenvalue weighted by Crippen LogP contribution is -2.14. The summed E-state index contributed by atoms with van der Waals surface area (Å²) in [5, 5.41) is 0. The van der Waals surface area contributed by atoms with Crippen molar-refractivity contribution in [1.82, 2.24) is 0 Å². The summed E-state index contributed by atoms with van der Waals surface area (Å²) in [5.74, 6) is -1.16. The second-order valence-electron chi connectivity index (χ2n) is 8.47. The Bertz CT molecular complexity index is 713. The van der Waals surface area contributed by atoms with Crippen LogP contribution in [0.3, 0.4) is 0 Å². The Morgan fingerprint density at radius 3 is 1.58 bits per heavy atom. The van der Waals surface area contributed by atoms with E-state index in [4.69, 9.17) is 14.2 Å². The zero-order valence-corrected chi connectivity index (χ0v) is 22.4. The van der Waals surface area contributed by atoms with Gasteiger partial charge in [0, 0.05) is 6.42 Å². The maximum Gasteiger partial charge on any atom is 0.339 e. The third-order valence-corrected chi connectivity index (χ3v) is 5.28. The van der Waals surface area contributed by atoms with Crippen LogP contribution in [0.25, 0.3) is 0 Å². The van der Waals surface area contributed by atoms with Crippen LogP contribution in [-0.4, -0.2) is 37.7 Å². The van der Waals surface area contributed by atoms with Crippen LogP contribution in [0.4, 0.5) is 0 Å². The van der Waals surface area contributed by atoms with Gasteiger partial charge in [-0.2, -0.15) is 0 Å². The smallest absolute Gasteiger partial charge is 0.339 e. The molecule has 0 saturated heterocycles. The first-order chi connectivity index (χ1) is 17.5. The van der Waals surface area contributed by atoms with Gasteiger partial charge in [-0.15, -0.1) is 0 Å². The number of carbonyl (C=O) groups is 3. The van der Waals surface area contributed by atoms with Crippen molar-refractivity contribution in [2.75, 3.05) is 19.8 Å². The molecule has 0 aliphatic heterocycles. The molecule has 0 fully saturated rings. The summed E-state index contributed by atoms with van der Waals surface area (Å²) < 4.78 is 15.0. The maximum atomic E-state index is 11.7. The van der Waals surface area contributed by atoms with Gasteiger partial charge in [0.05, 0.1) is 17.7 Å². The van der Waals surface area contributed by atoms with E-state index in [2.05, 4.69) is 27.0 Å². The molecule has 0 amide bonds. The van der Waals surface area contributed by atoms with Gasteiger partial charge in [0.2, 0.25) is 0 Å². The fourth-order valence-corrected chi connectivity index (χ4v) is 3.28. The Morgan fingerprint density at radius 2 is 1.11 bits per heavy atom. The highest BCUT2D eigenvalue weighted by molar-refractivity contribution is 6.03. The van der Waals surface area contributed by atoms with E-state index in [1.807, 2.05) is 0 Å². The van der Waals surface area contributed by atoms with Crippen molar-refractivity contribution in [2.24, 2.45) is 0 Å². The lowest BCUT2D eigenvalue weighted by Gasteiger charge is -2.07. The molecule has 0 atom stereocenters. The largest absolute Gasteiger partial charge is 0.466 e. The van der Waals surface area contributed by atoms with E-state index in [1.165, 1.54) is 82.1 Å². The Hall–Kier alpha value is -2.89. The maximum absolute atomic E-state index is 11.7. The van der Waals surface area contributed by atoms with Gasteiger partial charge in [-0.1, -0.05) is 109 Å². The topological polar surface area (TPSA) is 78.9 Å². The molecule has 6 nitrogen and oxygen atoms in total. The molecule has 36 heavy (non-hydrogen) atoms. The van der Waals surface area contributed by atoms with Gasteiger partial charge in [-0.05, 0) is 25.0 Å². The Kier molecular flexibility index (Phi) is 21.9. The summed E-state index contributed by atoms with van der Waals surface area (Å²) in [4.78, 5) is 34.8. The van der Waals surface area contributed by atoms with Crippen LogP contribution in [-0.2, 0) is 19.0 Å². The Morgan fingerprint density at radius 1 is 0.667 bits per heavy atom. The minimum atomic E-state index is -0.582. The Balaban J connectivity index is 0.000000681. The number of unbranched alkanes of at least 4 members (excludes halogenated alkanes) is 9. The van der Waals surface area contributed by atoms with Crippen LogP contribution >= 0.6 is 0 Å². The normalized spacial score (nSPS) is 9.94. The highest BCUT2D eigenvalue weighted by atomic mass is 16.5. The molecule has 0 aromatic heterocycles. The van der Waals surface area contributed by atoms with Crippen LogP contribution in [0.15, 0.2) is 49.6 Å². The van der Waals surface area contributed by atoms with Crippen molar-refractivity contribution >= 4 is 17.9 Å². The number of esters is 3. The van der Waals surface area contributed by atoms with Crippen molar-refractivity contribution in [2.45, 2.75) is 90.9 Å². The quantitative estimate of drug-likeness (QED) is 0.0838. The first-order valence-electron chi connectivity index (χ1n) is 13.3. The van der Waals surface area contributed by atoms with E-state index in [0.717, 1.165) is 12.8 Å². The van der Waals surface area contributed by atoms with E-state index in [9.17, 15) is 14.4 Å². The molecule has 0 aliphatic carbocycles. The van der Waals surface area contributed by atoms with Crippen molar-refractivity contribution in [1.29, 1.82) is 0 Å². The van der Waals surface area contributed by atoms with E-state index in [-0.39, 0.29) is 30.3 Å². The summed E-state index contributed by atoms with van der Waals surface area (Å²) >= 11 is 0. The molecule has 0 aliphatic rings. The summed E-state index contributed by atoms with van der Waals surface area (Å²) in [6.45, 7) is 12.1. The molecule has 0 heterocycles. The fourth-order valence-electron chi connectivity index (χ4n) is 3.28. The van der Waals surface area contributed by atoms with Crippen molar-refractivity contribution in [3.63, 3.8) is 0 Å². The highest BCUT2D eigenvalue weighted by Gasteiger charge is 2.18. The zero-order valence-electron chi connectivity index (χ0n) is 22.4. The zero-order chi connectivity index (χ0) is 26.9. The molecular weight excluding hydrogens is 456 g/mol. The summed E-state index contributed by atoms with van der Waals surface area (Å²) in [6.07, 6.45) is 16.9. The Labute approximate surface area is 218 Å². The molecule has 0 saturated carbocycles. The number of hydrogen-bond donors (Lipinski definition) is 0. The molecule has 0 spiro atoms. The average Bonchev–Trinajstić information content (AvgIpc) is 2.90. The lowest BCUT2D eigenvalue weighted by molar-refractivity contribution is -0.143. The van der Waals surface area contributed by atoms with Gasteiger partial charge in [0.1, 0.15) is 13.2 Å². The first kappa shape index (κ1) is 33.1. The minimum Gasteiger partial charge on any atom is -0.466 e. The number of benzene rings is 1. The van der Waals surface area contributed by atoms with Gasteiger partial charge in [-0.3, -0.25) is 4.79 Å². The number of rotatable bonds is 19. The fraction of sp³-hybridized carbons (Fsp3) is 0.567. The molecule has 0 radical (unpaired) electrons. The molecule has 1 aromatic rings. The van der Waals surface area contributed by atoms with Crippen LogP contribution in [0.5, 0.6) is 0 Å². The molecule has 1 rings (SSSR count). The minimum absolute atomic E-state index is 0.0000525. The number of carbonyl (C=O) groups excluding carboxylic acids is 3. The van der Waals surface area contributed by atoms with Crippen LogP contribution in [0, 0.1) is 0 Å². The standard InChI is InChI=1S/C16H32O2.C14H14O4/c1-3-5-7-9-11-13-15-18-16(17)14-12-10-8-6-4-2;1-3-9-17-13(15)11-7-5-6-8-12(11)14(16)18-10-4-2/h3-15H2,1-2H3;3-8H,1-2,9-10H2. The summed E-state index contributed by atoms with van der Waals surface area (Å²) in [7, 11) is 0. The monoisotopic (exact) mass is 502 g/mol. The second-order valence-corrected chi connectivity index (χ2v) is 8.47. The average molecular weight is 503 g/mol. The predicted octanol–water partition coefficient (Wildman–Crippen LogP) is 7.62. The van der Waals surface area contributed by atoms with Gasteiger partial charge in [0.15, 0.2) is 0 Å². The number of ether oxygens (including phenoxy) is 3. The number of hydrogen-bond acceptors (Lipinski definition) is 6. The molecule has 6 heteroatoms. The molecule has 1 aromatic carbocycles. The van der Waals surface area contributed by atoms with Gasteiger partial charge >= 0.3 is 17.9 Å². The summed E-state index contributed by atoms with van der Waals surface area (Å²) in [5.41, 5.74) is 0.349. The van der Waals surface area contributed by atoms with Crippen LogP contribution in [0.2, 0.25) is 0 Å². The lowest BCUT2D eigenvalue weighted by atomic mass is 10.1. The predicted molar refractivity (Wildman–Crippen MR) is 145 cm³/mol. The van der Waals surface area contributed by atoms with E-state index in [0.29, 0.717) is 13.0 Å². The van der Waals surface area contributed by atoms with Crippen LogP contribution < -0.4 is 0 Å². The van der Waals surface area contributed by atoms with Crippen molar-refractivity contribution < 1.29 is 28.6 Å². The highest BCUT2D eigenvalue weighted by Crippen LogP contribution is 2.12. The third kappa shape index (κ3) is 17.5. The van der Waals surface area contributed by atoms with Gasteiger partial charge in [0.25, 0.3) is 0 Å². The van der Waals surface area contributed by atoms with E-state index < -0.39 is 11.9 Å². The first-order valence-corrected chi connectivity index (χ1v) is 13.3. The molecule has 0 N–H and O–H groups in total. The molecular formula is C30H46O6. The van der Waals surface area contributed by atoms with Gasteiger partial charge in [-0.25, -0.2) is 9.59 Å². The van der Waals surface area contributed by atoms with Gasteiger partial charge < -0.3 is 14.2 Å². The van der Waals surface area contributed by atoms with Crippen molar-refractivity contribution in [3.05, 3.63) is 60.7 Å². The third-order valence-electron chi connectivity index (χ3n) is 5.28. The van der Waals surface area contributed by atoms with E-state index >= 15 is 0 Å². The van der Waals surface area contributed by atoms with Crippen LogP contribution in [0.1, 0.15) is 112 Å². The SMILES string of the molecule is C=CCOC(=O)c1ccccc1C(=O)OCC=C.CCCCCCCCOC(=O)CCCCCCC. The van der Waals surface area contributed by atoms with E-state index in [1.54, 1.807) is 12.1 Å². The second kappa shape index (κ2) is 23.8. The summed E-state index contributed by atoms with van der Waals surface area (Å²) in [6, 6.07) is 6.31. The molecule has 202 valence electrons. The van der Waals surface area contributed by atoms with Crippen molar-refractivity contribution in [3.8, 4) is 0 Å². The molecule has 0 bridgehead atoms.